The van der Waals surface area contributed by atoms with Gasteiger partial charge < -0.3 is 5.11 Å². The number of hydrogen-bond acceptors (Lipinski definition) is 2. The van der Waals surface area contributed by atoms with Crippen molar-refractivity contribution in [3.63, 3.8) is 0 Å². The van der Waals surface area contributed by atoms with Crippen LogP contribution in [0.15, 0.2) is 6.20 Å². The summed E-state index contributed by atoms with van der Waals surface area (Å²) < 4.78 is 2.04. The van der Waals surface area contributed by atoms with Gasteiger partial charge in [0.05, 0.1) is 18.3 Å². The number of nitrogens with zero attached hydrogens (tertiary/aromatic N) is 2. The molecule has 0 radical (unpaired) electrons. The van der Waals surface area contributed by atoms with Crippen molar-refractivity contribution >= 4 is 0 Å². The van der Waals surface area contributed by atoms with Crippen molar-refractivity contribution in [3.8, 4) is 0 Å². The molecule has 3 heteroatoms. The molecule has 0 bridgehead atoms. The lowest BCUT2D eigenvalue weighted by molar-refractivity contribution is 0.273. The van der Waals surface area contributed by atoms with Crippen LogP contribution in [0.2, 0.25) is 0 Å². The van der Waals surface area contributed by atoms with Gasteiger partial charge in [0, 0.05) is 6.20 Å². The van der Waals surface area contributed by atoms with Gasteiger partial charge in [0.15, 0.2) is 0 Å². The third kappa shape index (κ3) is 1.61. The Labute approximate surface area is 78.4 Å². The van der Waals surface area contributed by atoms with Crippen molar-refractivity contribution in [2.75, 3.05) is 0 Å². The first-order valence-electron chi connectivity index (χ1n) is 4.96. The molecular weight excluding hydrogens is 164 g/mol. The zero-order valence-electron chi connectivity index (χ0n) is 8.03. The third-order valence-corrected chi connectivity index (χ3v) is 2.87. The van der Waals surface area contributed by atoms with E-state index in [1.807, 2.05) is 11.6 Å². The number of rotatable bonds is 2. The fraction of sp³-hybridized carbons (Fsp3) is 0.700. The van der Waals surface area contributed by atoms with Crippen molar-refractivity contribution in [3.05, 3.63) is 17.5 Å². The highest BCUT2D eigenvalue weighted by Gasteiger charge is 2.18. The normalized spacial score (nSPS) is 18.3. The molecule has 1 aliphatic carbocycles. The second-order valence-corrected chi connectivity index (χ2v) is 3.84. The molecule has 1 aromatic rings. The molecule has 3 nitrogen and oxygen atoms in total. The van der Waals surface area contributed by atoms with E-state index in [9.17, 15) is 0 Å². The first kappa shape index (κ1) is 8.75. The summed E-state index contributed by atoms with van der Waals surface area (Å²) in [6.45, 7) is 2.07. The van der Waals surface area contributed by atoms with Gasteiger partial charge in [-0.25, -0.2) is 0 Å². The summed E-state index contributed by atoms with van der Waals surface area (Å²) in [6.07, 6.45) is 7.18. The minimum atomic E-state index is 0.0611. The molecule has 0 atom stereocenters. The molecule has 1 N–H and O–H groups in total. The van der Waals surface area contributed by atoms with E-state index in [1.54, 1.807) is 0 Å². The van der Waals surface area contributed by atoms with Crippen LogP contribution < -0.4 is 0 Å². The van der Waals surface area contributed by atoms with Gasteiger partial charge in [-0.05, 0) is 25.3 Å². The minimum absolute atomic E-state index is 0.0611. The van der Waals surface area contributed by atoms with Gasteiger partial charge in [-0.15, -0.1) is 0 Å². The van der Waals surface area contributed by atoms with Crippen molar-refractivity contribution in [2.45, 2.75) is 45.3 Å². The molecule has 0 aliphatic heterocycles. The molecule has 1 fully saturated rings. The molecule has 0 unspecified atom stereocenters. The monoisotopic (exact) mass is 180 g/mol. The molecule has 0 saturated heterocycles. The van der Waals surface area contributed by atoms with Gasteiger partial charge >= 0.3 is 0 Å². The lowest BCUT2D eigenvalue weighted by atomic mass is 10.2. The van der Waals surface area contributed by atoms with Crippen molar-refractivity contribution < 1.29 is 5.11 Å². The second-order valence-electron chi connectivity index (χ2n) is 3.84. The molecule has 0 spiro atoms. The zero-order valence-corrected chi connectivity index (χ0v) is 8.03. The largest absolute Gasteiger partial charge is 0.390 e. The van der Waals surface area contributed by atoms with Gasteiger partial charge in [-0.1, -0.05) is 12.8 Å². The standard InChI is InChI=1S/C10H16N2O/c1-8-6-12(11-10(8)7-13)9-4-2-3-5-9/h6,9,13H,2-5,7H2,1H3. The fourth-order valence-electron chi connectivity index (χ4n) is 2.03. The van der Waals surface area contributed by atoms with Crippen LogP contribution in [0.5, 0.6) is 0 Å². The average molecular weight is 180 g/mol. The molecule has 13 heavy (non-hydrogen) atoms. The highest BCUT2D eigenvalue weighted by atomic mass is 16.3. The van der Waals surface area contributed by atoms with Crippen molar-refractivity contribution in [1.82, 2.24) is 9.78 Å². The molecule has 2 rings (SSSR count). The maximum atomic E-state index is 9.00. The molecule has 0 amide bonds. The van der Waals surface area contributed by atoms with E-state index in [4.69, 9.17) is 5.11 Å². The summed E-state index contributed by atoms with van der Waals surface area (Å²) in [7, 11) is 0. The Balaban J connectivity index is 2.20. The quantitative estimate of drug-likeness (QED) is 0.753. The molecule has 1 aliphatic rings. The first-order chi connectivity index (χ1) is 6.31. The topological polar surface area (TPSA) is 38.0 Å². The van der Waals surface area contributed by atoms with Crippen LogP contribution in [0, 0.1) is 6.92 Å². The Morgan fingerprint density at radius 3 is 2.77 bits per heavy atom. The van der Waals surface area contributed by atoms with Crippen LogP contribution in [0.25, 0.3) is 0 Å². The zero-order chi connectivity index (χ0) is 9.26. The Morgan fingerprint density at radius 2 is 2.23 bits per heavy atom. The summed E-state index contributed by atoms with van der Waals surface area (Å²) in [4.78, 5) is 0. The summed E-state index contributed by atoms with van der Waals surface area (Å²) in [5.41, 5.74) is 1.93. The van der Waals surface area contributed by atoms with E-state index in [0.717, 1.165) is 11.3 Å². The van der Waals surface area contributed by atoms with Crippen LogP contribution in [-0.2, 0) is 6.61 Å². The van der Waals surface area contributed by atoms with E-state index in [2.05, 4.69) is 11.3 Å². The van der Waals surface area contributed by atoms with E-state index < -0.39 is 0 Å². The third-order valence-electron chi connectivity index (χ3n) is 2.87. The molecule has 1 aromatic heterocycles. The Kier molecular flexibility index (Phi) is 2.36. The molecular formula is C10H16N2O. The van der Waals surface area contributed by atoms with Crippen LogP contribution in [0.4, 0.5) is 0 Å². The second kappa shape index (κ2) is 3.50. The predicted molar refractivity (Wildman–Crippen MR) is 50.4 cm³/mol. The number of aryl methyl sites for hydroxylation is 1. The van der Waals surface area contributed by atoms with E-state index >= 15 is 0 Å². The van der Waals surface area contributed by atoms with E-state index in [-0.39, 0.29) is 6.61 Å². The number of aliphatic hydroxyl groups is 1. The molecule has 1 heterocycles. The Morgan fingerprint density at radius 1 is 1.54 bits per heavy atom. The highest BCUT2D eigenvalue weighted by molar-refractivity contribution is 5.14. The SMILES string of the molecule is Cc1cn(C2CCCC2)nc1CO. The van der Waals surface area contributed by atoms with Gasteiger partial charge in [-0.2, -0.15) is 5.10 Å². The summed E-state index contributed by atoms with van der Waals surface area (Å²) in [6, 6.07) is 0.582. The lowest BCUT2D eigenvalue weighted by Gasteiger charge is -2.08. The lowest BCUT2D eigenvalue weighted by Crippen LogP contribution is -2.05. The number of aromatic nitrogens is 2. The molecule has 0 aromatic carbocycles. The Bertz CT molecular complexity index is 287. The summed E-state index contributed by atoms with van der Waals surface area (Å²) >= 11 is 0. The van der Waals surface area contributed by atoms with Gasteiger partial charge in [0.1, 0.15) is 0 Å². The predicted octanol–water partition coefficient (Wildman–Crippen LogP) is 1.80. The highest BCUT2D eigenvalue weighted by Crippen LogP contribution is 2.29. The molecule has 1 saturated carbocycles. The van der Waals surface area contributed by atoms with Crippen LogP contribution in [0.1, 0.15) is 43.0 Å². The van der Waals surface area contributed by atoms with Gasteiger partial charge in [0.25, 0.3) is 0 Å². The van der Waals surface area contributed by atoms with Crippen molar-refractivity contribution in [2.24, 2.45) is 0 Å². The Hall–Kier alpha value is -0.830. The van der Waals surface area contributed by atoms with Gasteiger partial charge in [-0.3, -0.25) is 4.68 Å². The van der Waals surface area contributed by atoms with Crippen LogP contribution >= 0.6 is 0 Å². The first-order valence-corrected chi connectivity index (χ1v) is 4.96. The molecule has 72 valence electrons. The van der Waals surface area contributed by atoms with Gasteiger partial charge in [0.2, 0.25) is 0 Å². The smallest absolute Gasteiger partial charge is 0.0908 e. The van der Waals surface area contributed by atoms with Crippen LogP contribution in [0.3, 0.4) is 0 Å². The average Bonchev–Trinajstić information content (AvgIpc) is 2.71. The van der Waals surface area contributed by atoms with E-state index in [1.165, 1.54) is 25.7 Å². The maximum absolute atomic E-state index is 9.00. The minimum Gasteiger partial charge on any atom is -0.390 e. The summed E-state index contributed by atoms with van der Waals surface area (Å²) in [5.74, 6) is 0. The summed E-state index contributed by atoms with van der Waals surface area (Å²) in [5, 5.41) is 13.4. The fourth-order valence-corrected chi connectivity index (χ4v) is 2.03. The van der Waals surface area contributed by atoms with Crippen molar-refractivity contribution in [1.29, 1.82) is 0 Å². The maximum Gasteiger partial charge on any atom is 0.0908 e. The number of hydrogen-bond donors (Lipinski definition) is 1. The van der Waals surface area contributed by atoms with E-state index in [0.29, 0.717) is 6.04 Å². The number of aliphatic hydroxyl groups excluding tert-OH is 1. The van der Waals surface area contributed by atoms with Crippen LogP contribution in [-0.4, -0.2) is 14.9 Å².